The number of sulfone groups is 1. The summed E-state index contributed by atoms with van der Waals surface area (Å²) in [6.45, 7) is 8.28. The molecule has 1 saturated heterocycles. The highest BCUT2D eigenvalue weighted by atomic mass is 32.2. The van der Waals surface area contributed by atoms with Crippen molar-refractivity contribution < 1.29 is 13.2 Å². The molecule has 1 heterocycles. The molecule has 0 amide bonds. The summed E-state index contributed by atoms with van der Waals surface area (Å²) in [6, 6.07) is 8.70. The Morgan fingerprint density at radius 1 is 1.21 bits per heavy atom. The Bertz CT molecular complexity index is 548. The molecule has 1 aromatic rings. The van der Waals surface area contributed by atoms with Crippen molar-refractivity contribution in [3.63, 3.8) is 0 Å². The maximum Gasteiger partial charge on any atom is 0.207 e. The lowest BCUT2D eigenvalue weighted by Crippen LogP contribution is -2.49. The highest BCUT2D eigenvalue weighted by Gasteiger charge is 2.72. The van der Waals surface area contributed by atoms with Crippen molar-refractivity contribution in [2.24, 2.45) is 0 Å². The molecule has 0 unspecified atom stereocenters. The predicted octanol–water partition coefficient (Wildman–Crippen LogP) is 3.23. The summed E-state index contributed by atoms with van der Waals surface area (Å²) in [6.07, 6.45) is 1.63. The van der Waals surface area contributed by atoms with Gasteiger partial charge in [-0.15, -0.1) is 0 Å². The molecule has 1 aromatic carbocycles. The zero-order valence-corrected chi connectivity index (χ0v) is 13.8. The number of hydrogen-bond donors (Lipinski definition) is 0. The van der Waals surface area contributed by atoms with Gasteiger partial charge < -0.3 is 4.74 Å². The molecule has 0 aliphatic carbocycles. The van der Waals surface area contributed by atoms with E-state index >= 15 is 0 Å². The van der Waals surface area contributed by atoms with Crippen LogP contribution in [0.2, 0.25) is 19.6 Å². The topological polar surface area (TPSA) is 46.7 Å². The number of rotatable bonds is 5. The lowest BCUT2D eigenvalue weighted by Gasteiger charge is -2.26. The van der Waals surface area contributed by atoms with Crippen LogP contribution in [-0.4, -0.2) is 27.2 Å². The molecular weight excluding hydrogens is 276 g/mol. The van der Waals surface area contributed by atoms with Crippen LogP contribution < -0.4 is 0 Å². The van der Waals surface area contributed by atoms with Gasteiger partial charge in [0.15, 0.2) is 4.56 Å². The Kier molecular flexibility index (Phi) is 3.66. The van der Waals surface area contributed by atoms with Gasteiger partial charge in [0.25, 0.3) is 0 Å². The molecule has 0 N–H and O–H groups in total. The second-order valence-electron chi connectivity index (χ2n) is 6.13. The molecule has 19 heavy (non-hydrogen) atoms. The Labute approximate surface area is 116 Å². The lowest BCUT2D eigenvalue weighted by molar-refractivity contribution is 0.367. The number of ether oxygens (including phenoxy) is 1. The molecule has 0 bridgehead atoms. The van der Waals surface area contributed by atoms with Gasteiger partial charge in [-0.3, -0.25) is 0 Å². The van der Waals surface area contributed by atoms with Crippen LogP contribution >= 0.6 is 0 Å². The number of epoxide rings is 1. The highest BCUT2D eigenvalue weighted by Crippen LogP contribution is 2.53. The second kappa shape index (κ2) is 4.72. The van der Waals surface area contributed by atoms with E-state index in [2.05, 4.69) is 26.6 Å². The van der Waals surface area contributed by atoms with Crippen molar-refractivity contribution in [2.45, 2.75) is 55.0 Å². The summed E-state index contributed by atoms with van der Waals surface area (Å²) >= 11 is 0. The molecule has 0 spiro atoms. The van der Waals surface area contributed by atoms with E-state index in [9.17, 15) is 8.42 Å². The quantitative estimate of drug-likeness (QED) is 0.619. The van der Waals surface area contributed by atoms with E-state index in [4.69, 9.17) is 4.74 Å². The summed E-state index contributed by atoms with van der Waals surface area (Å²) < 4.78 is 30.8. The minimum absolute atomic E-state index is 0.130. The first-order valence-corrected chi connectivity index (χ1v) is 11.7. The molecule has 0 saturated carbocycles. The minimum Gasteiger partial charge on any atom is -0.353 e. The van der Waals surface area contributed by atoms with E-state index in [0.29, 0.717) is 4.90 Å². The van der Waals surface area contributed by atoms with Gasteiger partial charge in [-0.05, 0) is 18.6 Å². The van der Waals surface area contributed by atoms with Crippen LogP contribution in [0.15, 0.2) is 35.2 Å². The van der Waals surface area contributed by atoms with E-state index in [1.54, 1.807) is 24.3 Å². The number of hydrogen-bond acceptors (Lipinski definition) is 3. The molecule has 1 aliphatic heterocycles. The van der Waals surface area contributed by atoms with Crippen molar-refractivity contribution in [3.8, 4) is 0 Å². The first kappa shape index (κ1) is 14.7. The zero-order valence-electron chi connectivity index (χ0n) is 12.0. The van der Waals surface area contributed by atoms with Crippen LogP contribution in [0.3, 0.4) is 0 Å². The van der Waals surface area contributed by atoms with Gasteiger partial charge in [0.1, 0.15) is 8.07 Å². The van der Waals surface area contributed by atoms with Crippen molar-refractivity contribution in [1.82, 2.24) is 0 Å². The molecule has 0 radical (unpaired) electrons. The molecule has 1 fully saturated rings. The van der Waals surface area contributed by atoms with Crippen LogP contribution in [0.25, 0.3) is 0 Å². The Balaban J connectivity index is 2.48. The van der Waals surface area contributed by atoms with Crippen molar-refractivity contribution in [2.75, 3.05) is 0 Å². The molecule has 0 aromatic heterocycles. The fourth-order valence-corrected chi connectivity index (χ4v) is 9.52. The van der Waals surface area contributed by atoms with Gasteiger partial charge in [-0.25, -0.2) is 8.42 Å². The Hall–Kier alpha value is -0.653. The molecular formula is C14H22O3SSi. The van der Waals surface area contributed by atoms with Crippen molar-refractivity contribution in [3.05, 3.63) is 30.3 Å². The minimum atomic E-state index is -3.42. The summed E-state index contributed by atoms with van der Waals surface area (Å²) in [4.78, 5) is 0.385. The van der Waals surface area contributed by atoms with E-state index in [1.165, 1.54) is 0 Å². The van der Waals surface area contributed by atoms with Crippen LogP contribution in [0.5, 0.6) is 0 Å². The smallest absolute Gasteiger partial charge is 0.207 e. The first-order valence-electron chi connectivity index (χ1n) is 6.75. The third-order valence-electron chi connectivity index (χ3n) is 3.73. The average molecular weight is 298 g/mol. The molecule has 2 rings (SSSR count). The summed E-state index contributed by atoms with van der Waals surface area (Å²) in [5.74, 6) is 0. The van der Waals surface area contributed by atoms with Gasteiger partial charge in [0.05, 0.1) is 11.0 Å². The molecule has 1 aliphatic rings. The fraction of sp³-hybridized carbons (Fsp3) is 0.571. The normalized spacial score (nSPS) is 27.3. The molecule has 2 atom stereocenters. The van der Waals surface area contributed by atoms with Crippen molar-refractivity contribution in [1.29, 1.82) is 0 Å². The fourth-order valence-electron chi connectivity index (χ4n) is 2.76. The van der Waals surface area contributed by atoms with E-state index in [-0.39, 0.29) is 6.10 Å². The average Bonchev–Trinajstić information content (AvgIpc) is 3.06. The summed E-state index contributed by atoms with van der Waals surface area (Å²) in [5, 5.41) is 0. The predicted molar refractivity (Wildman–Crippen MR) is 79.5 cm³/mol. The summed E-state index contributed by atoms with van der Waals surface area (Å²) in [7, 11) is -5.42. The van der Waals surface area contributed by atoms with Gasteiger partial charge in [0.2, 0.25) is 9.84 Å². The van der Waals surface area contributed by atoms with Gasteiger partial charge in [0, 0.05) is 0 Å². The molecule has 106 valence electrons. The molecule has 3 nitrogen and oxygen atoms in total. The van der Waals surface area contributed by atoms with Gasteiger partial charge in [-0.2, -0.15) is 0 Å². The Morgan fingerprint density at radius 3 is 2.26 bits per heavy atom. The van der Waals surface area contributed by atoms with Crippen LogP contribution in [-0.2, 0) is 14.6 Å². The van der Waals surface area contributed by atoms with Crippen molar-refractivity contribution >= 4 is 17.9 Å². The third kappa shape index (κ3) is 2.17. The summed E-state index contributed by atoms with van der Waals surface area (Å²) in [5.41, 5.74) is 0. The maximum absolute atomic E-state index is 13.0. The lowest BCUT2D eigenvalue weighted by atomic mass is 10.3. The second-order valence-corrected chi connectivity index (χ2v) is 13.8. The van der Waals surface area contributed by atoms with Crippen LogP contribution in [0, 0.1) is 0 Å². The highest BCUT2D eigenvalue weighted by molar-refractivity contribution is 7.95. The first-order chi connectivity index (χ1) is 8.77. The SMILES string of the molecule is CCC[C@@H]1O[C@@]1([Si](C)(C)C)S(=O)(=O)c1ccccc1. The number of benzene rings is 1. The largest absolute Gasteiger partial charge is 0.353 e. The Morgan fingerprint density at radius 2 is 1.79 bits per heavy atom. The van der Waals surface area contributed by atoms with Gasteiger partial charge >= 0.3 is 0 Å². The third-order valence-corrected chi connectivity index (χ3v) is 11.0. The maximum atomic E-state index is 13.0. The van der Waals surface area contributed by atoms with Gasteiger partial charge in [-0.1, -0.05) is 51.2 Å². The standard InChI is InChI=1S/C14H22O3SSi/c1-5-9-13-14(17-13,19(2,3)4)18(15,16)12-10-7-6-8-11-12/h6-8,10-11,13H,5,9H2,1-4H3/t13-,14+/m0/s1. The molecule has 5 heteroatoms. The van der Waals surface area contributed by atoms with Crippen LogP contribution in [0.1, 0.15) is 19.8 Å². The monoisotopic (exact) mass is 298 g/mol. The van der Waals surface area contributed by atoms with Crippen LogP contribution in [0.4, 0.5) is 0 Å². The van der Waals surface area contributed by atoms with E-state index in [1.807, 2.05) is 6.07 Å². The zero-order chi connectivity index (χ0) is 14.3. The van der Waals surface area contributed by atoms with E-state index in [0.717, 1.165) is 12.8 Å². The van der Waals surface area contributed by atoms with E-state index < -0.39 is 22.5 Å².